The summed E-state index contributed by atoms with van der Waals surface area (Å²) in [5.74, 6) is 0.361. The van der Waals surface area contributed by atoms with Gasteiger partial charge in [-0.1, -0.05) is 0 Å². The first-order valence-corrected chi connectivity index (χ1v) is 9.52. The number of rotatable bonds is 2. The topological polar surface area (TPSA) is 69.5 Å². The molecular formula is C18H15N3OS2. The lowest BCUT2D eigenvalue weighted by atomic mass is 9.97. The highest BCUT2D eigenvalue weighted by Gasteiger charge is 2.20. The lowest BCUT2D eigenvalue weighted by Gasteiger charge is -2.09. The summed E-state index contributed by atoms with van der Waals surface area (Å²) in [6.45, 7) is 2.02. The maximum Gasteiger partial charge on any atom is 0.260 e. The lowest BCUT2D eigenvalue weighted by Crippen LogP contribution is -2.12. The van der Waals surface area contributed by atoms with Crippen molar-refractivity contribution < 1.29 is 0 Å². The van der Waals surface area contributed by atoms with Crippen LogP contribution in [0, 0.1) is 18.3 Å². The zero-order valence-corrected chi connectivity index (χ0v) is 14.8. The Hall–Kier alpha value is -2.23. The Morgan fingerprint density at radius 3 is 2.92 bits per heavy atom. The first-order valence-electron chi connectivity index (χ1n) is 7.89. The molecule has 120 valence electrons. The SMILES string of the molecule is Cc1ccc(/C=C(/C#N)c2nc3sc4c(c3c(=O)[nH]2)CCCC4)s1. The number of H-pyrrole nitrogens is 1. The van der Waals surface area contributed by atoms with Gasteiger partial charge in [0.25, 0.3) is 5.56 Å². The summed E-state index contributed by atoms with van der Waals surface area (Å²) in [5.41, 5.74) is 1.43. The summed E-state index contributed by atoms with van der Waals surface area (Å²) in [4.78, 5) is 24.2. The van der Waals surface area contributed by atoms with Crippen LogP contribution in [0.1, 0.15) is 38.9 Å². The fourth-order valence-corrected chi connectivity index (χ4v) is 5.20. The summed E-state index contributed by atoms with van der Waals surface area (Å²) in [6, 6.07) is 6.15. The van der Waals surface area contributed by atoms with Crippen molar-refractivity contribution in [2.24, 2.45) is 0 Å². The van der Waals surface area contributed by atoms with Gasteiger partial charge in [-0.3, -0.25) is 4.79 Å². The first kappa shape index (κ1) is 15.3. The monoisotopic (exact) mass is 353 g/mol. The summed E-state index contributed by atoms with van der Waals surface area (Å²) in [7, 11) is 0. The van der Waals surface area contributed by atoms with Crippen LogP contribution in [0.15, 0.2) is 16.9 Å². The van der Waals surface area contributed by atoms with Gasteiger partial charge in [0.15, 0.2) is 5.82 Å². The second-order valence-corrected chi connectivity index (χ2v) is 8.33. The van der Waals surface area contributed by atoms with Crippen LogP contribution in [-0.4, -0.2) is 9.97 Å². The molecule has 0 unspecified atom stereocenters. The van der Waals surface area contributed by atoms with Crippen LogP contribution in [0.2, 0.25) is 0 Å². The molecule has 0 saturated carbocycles. The molecule has 0 aliphatic heterocycles. The van der Waals surface area contributed by atoms with Gasteiger partial charge in [0, 0.05) is 14.6 Å². The molecule has 3 aromatic heterocycles. The minimum atomic E-state index is -0.127. The number of fused-ring (bicyclic) bond motifs is 3. The average Bonchev–Trinajstić information content (AvgIpc) is 3.15. The fourth-order valence-electron chi connectivity index (χ4n) is 3.12. The molecule has 24 heavy (non-hydrogen) atoms. The third-order valence-corrected chi connectivity index (χ3v) is 6.38. The van der Waals surface area contributed by atoms with E-state index in [4.69, 9.17) is 0 Å². The number of hydrogen-bond acceptors (Lipinski definition) is 5. The summed E-state index contributed by atoms with van der Waals surface area (Å²) in [5, 5.41) is 10.2. The predicted octanol–water partition coefficient (Wildman–Crippen LogP) is 4.30. The zero-order valence-electron chi connectivity index (χ0n) is 13.2. The second-order valence-electron chi connectivity index (χ2n) is 5.92. The van der Waals surface area contributed by atoms with Gasteiger partial charge < -0.3 is 4.98 Å². The Kier molecular flexibility index (Phi) is 3.83. The van der Waals surface area contributed by atoms with E-state index >= 15 is 0 Å². The number of aromatic nitrogens is 2. The van der Waals surface area contributed by atoms with Gasteiger partial charge in [0.1, 0.15) is 10.9 Å². The van der Waals surface area contributed by atoms with E-state index in [2.05, 4.69) is 16.0 Å². The maximum atomic E-state index is 12.6. The Balaban J connectivity index is 1.86. The van der Waals surface area contributed by atoms with Crippen molar-refractivity contribution in [2.75, 3.05) is 0 Å². The zero-order chi connectivity index (χ0) is 16.7. The molecule has 6 heteroatoms. The van der Waals surface area contributed by atoms with Crippen LogP contribution in [-0.2, 0) is 12.8 Å². The molecule has 0 radical (unpaired) electrons. The molecule has 3 aromatic rings. The second kappa shape index (κ2) is 6.00. The standard InChI is InChI=1S/C18H15N3OS2/c1-10-6-7-12(23-10)8-11(9-19)16-20-17(22)15-13-4-2-3-5-14(13)24-18(15)21-16/h6-8H,2-5H2,1H3,(H,20,21,22)/b11-8-. The first-order chi connectivity index (χ1) is 11.7. The van der Waals surface area contributed by atoms with E-state index in [1.165, 1.54) is 16.2 Å². The minimum Gasteiger partial charge on any atom is -0.305 e. The van der Waals surface area contributed by atoms with Gasteiger partial charge in [0.05, 0.1) is 11.0 Å². The van der Waals surface area contributed by atoms with Crippen LogP contribution < -0.4 is 5.56 Å². The third-order valence-electron chi connectivity index (χ3n) is 4.25. The lowest BCUT2D eigenvalue weighted by molar-refractivity contribution is 0.700. The van der Waals surface area contributed by atoms with Crippen molar-refractivity contribution in [1.82, 2.24) is 9.97 Å². The smallest absolute Gasteiger partial charge is 0.260 e. The van der Waals surface area contributed by atoms with Gasteiger partial charge in [-0.25, -0.2) is 4.98 Å². The molecule has 1 aliphatic rings. The van der Waals surface area contributed by atoms with Crippen molar-refractivity contribution in [3.05, 3.63) is 48.5 Å². The van der Waals surface area contributed by atoms with Gasteiger partial charge in [-0.15, -0.1) is 22.7 Å². The Bertz CT molecular complexity index is 1060. The summed E-state index contributed by atoms with van der Waals surface area (Å²) >= 11 is 3.21. The largest absolute Gasteiger partial charge is 0.305 e. The molecule has 0 amide bonds. The molecule has 0 saturated heterocycles. The summed E-state index contributed by atoms with van der Waals surface area (Å²) in [6.07, 6.45) is 6.07. The van der Waals surface area contributed by atoms with Crippen LogP contribution in [0.25, 0.3) is 21.9 Å². The van der Waals surface area contributed by atoms with E-state index in [0.717, 1.165) is 39.9 Å². The van der Waals surface area contributed by atoms with Gasteiger partial charge in [-0.05, 0) is 56.4 Å². The molecule has 4 nitrogen and oxygen atoms in total. The predicted molar refractivity (Wildman–Crippen MR) is 99.4 cm³/mol. The van der Waals surface area contributed by atoms with Crippen LogP contribution >= 0.6 is 22.7 Å². The van der Waals surface area contributed by atoms with Crippen molar-refractivity contribution in [2.45, 2.75) is 32.6 Å². The number of thiophene rings is 2. The summed E-state index contributed by atoms with van der Waals surface area (Å²) < 4.78 is 0. The highest BCUT2D eigenvalue weighted by Crippen LogP contribution is 2.34. The quantitative estimate of drug-likeness (QED) is 0.698. The van der Waals surface area contributed by atoms with Crippen LogP contribution in [0.4, 0.5) is 0 Å². The fraction of sp³-hybridized carbons (Fsp3) is 0.278. The third kappa shape index (κ3) is 2.60. The number of hydrogen-bond donors (Lipinski definition) is 1. The van der Waals surface area contributed by atoms with Crippen molar-refractivity contribution in [3.8, 4) is 6.07 Å². The molecule has 0 spiro atoms. The molecule has 0 bridgehead atoms. The van der Waals surface area contributed by atoms with Crippen LogP contribution in [0.3, 0.4) is 0 Å². The number of aromatic amines is 1. The number of nitrogens with zero attached hydrogens (tertiary/aromatic N) is 2. The number of nitrogens with one attached hydrogen (secondary N) is 1. The molecule has 4 rings (SSSR count). The van der Waals surface area contributed by atoms with E-state index in [9.17, 15) is 10.1 Å². The molecule has 1 aliphatic carbocycles. The molecule has 0 aromatic carbocycles. The average molecular weight is 353 g/mol. The van der Waals surface area contributed by atoms with Crippen molar-refractivity contribution in [3.63, 3.8) is 0 Å². The van der Waals surface area contributed by atoms with E-state index in [0.29, 0.717) is 11.4 Å². The molecule has 0 atom stereocenters. The Morgan fingerprint density at radius 2 is 2.17 bits per heavy atom. The van der Waals surface area contributed by atoms with Crippen molar-refractivity contribution in [1.29, 1.82) is 5.26 Å². The molecule has 1 N–H and O–H groups in total. The van der Waals surface area contributed by atoms with Gasteiger partial charge in [-0.2, -0.15) is 5.26 Å². The maximum absolute atomic E-state index is 12.6. The van der Waals surface area contributed by atoms with E-state index in [1.807, 2.05) is 19.1 Å². The van der Waals surface area contributed by atoms with E-state index in [1.54, 1.807) is 28.7 Å². The number of aryl methyl sites for hydroxylation is 3. The number of nitriles is 1. The highest BCUT2D eigenvalue weighted by molar-refractivity contribution is 7.18. The molecule has 3 heterocycles. The minimum absolute atomic E-state index is 0.127. The number of allylic oxidation sites excluding steroid dienone is 1. The van der Waals surface area contributed by atoms with Gasteiger partial charge in [0.2, 0.25) is 0 Å². The van der Waals surface area contributed by atoms with E-state index in [-0.39, 0.29) is 5.56 Å². The normalized spacial score (nSPS) is 14.6. The van der Waals surface area contributed by atoms with Gasteiger partial charge >= 0.3 is 0 Å². The van der Waals surface area contributed by atoms with Crippen LogP contribution in [0.5, 0.6) is 0 Å². The highest BCUT2D eigenvalue weighted by atomic mass is 32.1. The Morgan fingerprint density at radius 1 is 1.33 bits per heavy atom. The Labute approximate surface area is 147 Å². The molecular weight excluding hydrogens is 338 g/mol. The molecule has 0 fully saturated rings. The van der Waals surface area contributed by atoms with Crippen molar-refractivity contribution >= 4 is 44.5 Å². The van der Waals surface area contributed by atoms with E-state index < -0.39 is 0 Å².